The normalized spacial score (nSPS) is 17.7. The van der Waals surface area contributed by atoms with E-state index in [1.165, 1.54) is 19.0 Å². The molecule has 7 heteroatoms. The third-order valence-electron chi connectivity index (χ3n) is 4.69. The van der Waals surface area contributed by atoms with Crippen LogP contribution in [0.5, 0.6) is 5.88 Å². The summed E-state index contributed by atoms with van der Waals surface area (Å²) >= 11 is 0. The Balaban J connectivity index is 1.72. The summed E-state index contributed by atoms with van der Waals surface area (Å²) in [5, 5.41) is 5.37. The Labute approximate surface area is 154 Å². The van der Waals surface area contributed by atoms with Gasteiger partial charge in [-0.25, -0.2) is 4.98 Å². The van der Waals surface area contributed by atoms with Crippen molar-refractivity contribution in [2.45, 2.75) is 57.9 Å². The van der Waals surface area contributed by atoms with E-state index in [0.29, 0.717) is 30.7 Å². The van der Waals surface area contributed by atoms with Crippen LogP contribution in [0.3, 0.4) is 0 Å². The molecular formula is C19H28N4O3. The SMILES string of the molecule is CNC(=O)C(CC(C)C)NC(=O)c1cnc(C2CC2)c(OCC2CC2)n1. The molecule has 0 aliphatic heterocycles. The van der Waals surface area contributed by atoms with Crippen LogP contribution in [0.15, 0.2) is 6.20 Å². The van der Waals surface area contributed by atoms with Crippen LogP contribution < -0.4 is 15.4 Å². The van der Waals surface area contributed by atoms with Gasteiger partial charge in [-0.2, -0.15) is 0 Å². The highest BCUT2D eigenvalue weighted by atomic mass is 16.5. The average Bonchev–Trinajstić information content (AvgIpc) is 3.51. The lowest BCUT2D eigenvalue weighted by Gasteiger charge is -2.19. The van der Waals surface area contributed by atoms with Gasteiger partial charge in [0, 0.05) is 13.0 Å². The Hall–Kier alpha value is -2.18. The first kappa shape index (κ1) is 18.6. The Kier molecular flexibility index (Phi) is 5.74. The van der Waals surface area contributed by atoms with Crippen molar-refractivity contribution in [1.82, 2.24) is 20.6 Å². The molecule has 0 spiro atoms. The number of carbonyl (C=O) groups excluding carboxylic acids is 2. The molecule has 0 bridgehead atoms. The first-order chi connectivity index (χ1) is 12.5. The molecule has 0 saturated heterocycles. The van der Waals surface area contributed by atoms with Crippen molar-refractivity contribution in [2.24, 2.45) is 11.8 Å². The van der Waals surface area contributed by atoms with Crippen LogP contribution in [0.1, 0.15) is 68.1 Å². The van der Waals surface area contributed by atoms with E-state index in [1.807, 2.05) is 13.8 Å². The van der Waals surface area contributed by atoms with E-state index in [2.05, 4.69) is 20.6 Å². The topological polar surface area (TPSA) is 93.2 Å². The number of hydrogen-bond acceptors (Lipinski definition) is 5. The van der Waals surface area contributed by atoms with Gasteiger partial charge in [0.05, 0.1) is 12.8 Å². The molecule has 1 unspecified atom stereocenters. The molecule has 2 amide bonds. The Bertz CT molecular complexity index is 669. The minimum atomic E-state index is -0.590. The van der Waals surface area contributed by atoms with E-state index in [9.17, 15) is 9.59 Å². The third-order valence-corrected chi connectivity index (χ3v) is 4.69. The first-order valence-corrected chi connectivity index (χ1v) is 9.50. The smallest absolute Gasteiger partial charge is 0.272 e. The Morgan fingerprint density at radius 2 is 2.00 bits per heavy atom. The van der Waals surface area contributed by atoms with Crippen molar-refractivity contribution in [3.8, 4) is 5.88 Å². The molecule has 142 valence electrons. The van der Waals surface area contributed by atoms with Crippen LogP contribution in [0.25, 0.3) is 0 Å². The number of likely N-dealkylation sites (N-methyl/N-ethyl adjacent to an activating group) is 1. The summed E-state index contributed by atoms with van der Waals surface area (Å²) in [6, 6.07) is -0.590. The number of carbonyl (C=O) groups is 2. The summed E-state index contributed by atoms with van der Waals surface area (Å²) in [6.07, 6.45) is 6.61. The number of hydrogen-bond donors (Lipinski definition) is 2. The summed E-state index contributed by atoms with van der Waals surface area (Å²) in [4.78, 5) is 33.5. The van der Waals surface area contributed by atoms with Gasteiger partial charge in [-0.15, -0.1) is 0 Å². The second-order valence-corrected chi connectivity index (χ2v) is 7.74. The number of rotatable bonds is 9. The summed E-state index contributed by atoms with van der Waals surface area (Å²) in [6.45, 7) is 4.65. The van der Waals surface area contributed by atoms with Gasteiger partial charge >= 0.3 is 0 Å². The molecule has 2 N–H and O–H groups in total. The number of amides is 2. The molecule has 26 heavy (non-hydrogen) atoms. The molecule has 2 fully saturated rings. The van der Waals surface area contributed by atoms with Crippen molar-refractivity contribution in [1.29, 1.82) is 0 Å². The average molecular weight is 360 g/mol. The van der Waals surface area contributed by atoms with Crippen molar-refractivity contribution in [3.63, 3.8) is 0 Å². The fourth-order valence-corrected chi connectivity index (χ4v) is 2.82. The molecule has 3 rings (SSSR count). The van der Waals surface area contributed by atoms with Crippen molar-refractivity contribution in [3.05, 3.63) is 17.6 Å². The van der Waals surface area contributed by atoms with Gasteiger partial charge in [0.2, 0.25) is 11.8 Å². The summed E-state index contributed by atoms with van der Waals surface area (Å²) in [5.41, 5.74) is 1.05. The number of ether oxygens (including phenoxy) is 1. The molecule has 2 aliphatic carbocycles. The molecular weight excluding hydrogens is 332 g/mol. The standard InChI is InChI=1S/C19H28N4O3/c1-11(2)8-14(17(24)20-3)22-18(25)15-9-21-16(13-6-7-13)19(23-15)26-10-12-4-5-12/h9,11-14H,4-8,10H2,1-3H3,(H,20,24)(H,22,25). The lowest BCUT2D eigenvalue weighted by atomic mass is 10.0. The predicted octanol–water partition coefficient (Wildman–Crippen LogP) is 2.03. The molecule has 2 aliphatic rings. The molecule has 0 aromatic carbocycles. The highest BCUT2D eigenvalue weighted by Gasteiger charge is 2.32. The number of nitrogens with one attached hydrogen (secondary N) is 2. The van der Waals surface area contributed by atoms with Gasteiger partial charge in [0.15, 0.2) is 0 Å². The van der Waals surface area contributed by atoms with E-state index in [0.717, 1.165) is 18.5 Å². The molecule has 7 nitrogen and oxygen atoms in total. The molecule has 0 radical (unpaired) electrons. The highest BCUT2D eigenvalue weighted by molar-refractivity contribution is 5.96. The monoisotopic (exact) mass is 360 g/mol. The molecule has 1 aromatic rings. The van der Waals surface area contributed by atoms with E-state index in [1.54, 1.807) is 7.05 Å². The lowest BCUT2D eigenvalue weighted by molar-refractivity contribution is -0.122. The Morgan fingerprint density at radius 3 is 2.58 bits per heavy atom. The summed E-state index contributed by atoms with van der Waals surface area (Å²) < 4.78 is 5.86. The van der Waals surface area contributed by atoms with Crippen LogP contribution in [-0.2, 0) is 4.79 Å². The second-order valence-electron chi connectivity index (χ2n) is 7.74. The van der Waals surface area contributed by atoms with Crippen molar-refractivity contribution >= 4 is 11.8 Å². The van der Waals surface area contributed by atoms with E-state index < -0.39 is 11.9 Å². The summed E-state index contributed by atoms with van der Waals surface area (Å²) in [7, 11) is 1.57. The van der Waals surface area contributed by atoms with Gasteiger partial charge in [-0.3, -0.25) is 14.6 Å². The molecule has 2 saturated carbocycles. The third kappa shape index (κ3) is 4.93. The maximum atomic E-state index is 12.6. The lowest BCUT2D eigenvalue weighted by Crippen LogP contribution is -2.46. The minimum Gasteiger partial charge on any atom is -0.476 e. The molecule has 1 heterocycles. The zero-order valence-corrected chi connectivity index (χ0v) is 15.7. The number of aromatic nitrogens is 2. The Morgan fingerprint density at radius 1 is 1.27 bits per heavy atom. The van der Waals surface area contributed by atoms with Crippen LogP contribution in [0, 0.1) is 11.8 Å². The molecule has 1 atom stereocenters. The van der Waals surface area contributed by atoms with Gasteiger partial charge in [-0.05, 0) is 43.9 Å². The van der Waals surface area contributed by atoms with Gasteiger partial charge in [0.25, 0.3) is 5.91 Å². The summed E-state index contributed by atoms with van der Waals surface area (Å²) in [5.74, 6) is 1.15. The van der Waals surface area contributed by atoms with Gasteiger partial charge < -0.3 is 15.4 Å². The van der Waals surface area contributed by atoms with Crippen molar-refractivity contribution < 1.29 is 14.3 Å². The maximum Gasteiger partial charge on any atom is 0.272 e. The zero-order valence-electron chi connectivity index (χ0n) is 15.7. The van der Waals surface area contributed by atoms with E-state index in [4.69, 9.17) is 4.74 Å². The fourth-order valence-electron chi connectivity index (χ4n) is 2.82. The second kappa shape index (κ2) is 8.01. The maximum absolute atomic E-state index is 12.6. The fraction of sp³-hybridized carbons (Fsp3) is 0.684. The highest BCUT2D eigenvalue weighted by Crippen LogP contribution is 2.42. The minimum absolute atomic E-state index is 0.192. The molecule has 1 aromatic heterocycles. The number of nitrogens with zero attached hydrogens (tertiary/aromatic N) is 2. The van der Waals surface area contributed by atoms with Crippen LogP contribution in [0.4, 0.5) is 0 Å². The first-order valence-electron chi connectivity index (χ1n) is 9.50. The largest absolute Gasteiger partial charge is 0.476 e. The zero-order chi connectivity index (χ0) is 18.7. The van der Waals surface area contributed by atoms with E-state index >= 15 is 0 Å². The van der Waals surface area contributed by atoms with Crippen LogP contribution in [-0.4, -0.2) is 41.5 Å². The van der Waals surface area contributed by atoms with Crippen LogP contribution >= 0.6 is 0 Å². The van der Waals surface area contributed by atoms with Gasteiger partial charge in [0.1, 0.15) is 17.4 Å². The predicted molar refractivity (Wildman–Crippen MR) is 97.0 cm³/mol. The van der Waals surface area contributed by atoms with Crippen molar-refractivity contribution in [2.75, 3.05) is 13.7 Å². The van der Waals surface area contributed by atoms with Crippen LogP contribution in [0.2, 0.25) is 0 Å². The quantitative estimate of drug-likeness (QED) is 0.703. The van der Waals surface area contributed by atoms with E-state index in [-0.39, 0.29) is 17.5 Å². The van der Waals surface area contributed by atoms with Gasteiger partial charge in [-0.1, -0.05) is 13.8 Å².